The second-order valence-corrected chi connectivity index (χ2v) is 14.2. The minimum atomic E-state index is -0.748. The number of carbonyl (C=O) groups is 3. The number of nitrogens with zero attached hydrogens (tertiary/aromatic N) is 3. The maximum atomic E-state index is 15.5. The third-order valence-electron chi connectivity index (χ3n) is 10.8. The number of para-hydroxylation sites is 1. The standard InChI is InChI=1S/C37H47FN4O6/c1-23-13-25(32(38)14-26(23)17-39-35(44)31-19-40(3)33-8-6-5-7-30(31)33)15-34(43)42-18-27(41-21-37(2,22-41)47-4)16-28(42)20-48-29-11-9-24(10-12-29)36(45)46/h5-8,13-14,19,24,27-29H,9-12,15-18,20-22H2,1-4H3,(H,39,44)(H,45,46)/t24?,27-,28-,29?/m0/s1. The lowest BCUT2D eigenvalue weighted by atomic mass is 9.87. The Kier molecular flexibility index (Phi) is 9.92. The van der Waals surface area contributed by atoms with Gasteiger partial charge in [-0.15, -0.1) is 0 Å². The minimum absolute atomic E-state index is 0.0221. The second kappa shape index (κ2) is 14.0. The molecular weight excluding hydrogens is 615 g/mol. The zero-order valence-electron chi connectivity index (χ0n) is 28.3. The van der Waals surface area contributed by atoms with Crippen molar-refractivity contribution in [3.8, 4) is 0 Å². The first-order valence-corrected chi connectivity index (χ1v) is 17.0. The molecule has 0 bridgehead atoms. The zero-order valence-corrected chi connectivity index (χ0v) is 28.3. The highest BCUT2D eigenvalue weighted by molar-refractivity contribution is 6.06. The van der Waals surface area contributed by atoms with E-state index in [0.29, 0.717) is 55.5 Å². The van der Waals surface area contributed by atoms with Crippen molar-refractivity contribution in [3.05, 3.63) is 70.7 Å². The number of hydrogen-bond acceptors (Lipinski definition) is 6. The van der Waals surface area contributed by atoms with Gasteiger partial charge in [-0.05, 0) is 74.8 Å². The molecule has 2 aromatic carbocycles. The molecule has 0 radical (unpaired) electrons. The number of rotatable bonds is 11. The Morgan fingerprint density at radius 1 is 1.08 bits per heavy atom. The average molecular weight is 663 g/mol. The van der Waals surface area contributed by atoms with Gasteiger partial charge in [-0.2, -0.15) is 0 Å². The smallest absolute Gasteiger partial charge is 0.306 e. The molecule has 1 saturated carbocycles. The molecule has 10 nitrogen and oxygen atoms in total. The summed E-state index contributed by atoms with van der Waals surface area (Å²) in [4.78, 5) is 42.4. The molecule has 2 aliphatic heterocycles. The van der Waals surface area contributed by atoms with Crippen LogP contribution in [0.15, 0.2) is 42.6 Å². The van der Waals surface area contributed by atoms with E-state index in [2.05, 4.69) is 17.1 Å². The van der Waals surface area contributed by atoms with Crippen molar-refractivity contribution in [2.45, 2.75) is 82.7 Å². The summed E-state index contributed by atoms with van der Waals surface area (Å²) in [5.41, 5.74) is 3.11. The molecule has 2 amide bonds. The number of nitrogens with one attached hydrogen (secondary N) is 1. The third kappa shape index (κ3) is 7.13. The number of methoxy groups -OCH3 is 1. The number of likely N-dealkylation sites (tertiary alicyclic amines) is 2. The van der Waals surface area contributed by atoms with Crippen molar-refractivity contribution in [3.63, 3.8) is 0 Å². The second-order valence-electron chi connectivity index (χ2n) is 14.2. The van der Waals surface area contributed by atoms with Gasteiger partial charge < -0.3 is 29.4 Å². The van der Waals surface area contributed by atoms with E-state index in [9.17, 15) is 19.5 Å². The summed E-state index contributed by atoms with van der Waals surface area (Å²) in [5.74, 6) is -1.91. The Bertz CT molecular complexity index is 1680. The lowest BCUT2D eigenvalue weighted by Gasteiger charge is -2.49. The number of carboxylic acids is 1. The molecule has 3 heterocycles. The summed E-state index contributed by atoms with van der Waals surface area (Å²) in [7, 11) is 3.62. The van der Waals surface area contributed by atoms with Crippen LogP contribution in [0.1, 0.15) is 66.1 Å². The first kappa shape index (κ1) is 34.1. The Morgan fingerprint density at radius 2 is 1.81 bits per heavy atom. The van der Waals surface area contributed by atoms with E-state index < -0.39 is 11.8 Å². The maximum absolute atomic E-state index is 15.5. The van der Waals surface area contributed by atoms with Crippen LogP contribution in [0.25, 0.3) is 10.9 Å². The quantitative estimate of drug-likeness (QED) is 0.312. The molecule has 3 aliphatic rings. The fourth-order valence-electron chi connectivity index (χ4n) is 7.71. The summed E-state index contributed by atoms with van der Waals surface area (Å²) in [6.07, 6.45) is 5.04. The highest BCUT2D eigenvalue weighted by Gasteiger charge is 2.47. The average Bonchev–Trinajstić information content (AvgIpc) is 3.64. The van der Waals surface area contributed by atoms with E-state index in [4.69, 9.17) is 9.47 Å². The number of hydrogen-bond donors (Lipinski definition) is 2. The Labute approximate surface area is 281 Å². The van der Waals surface area contributed by atoms with Gasteiger partial charge in [0.1, 0.15) is 5.82 Å². The number of fused-ring (bicyclic) bond motifs is 1. The van der Waals surface area contributed by atoms with Crippen LogP contribution in [-0.4, -0.2) is 94.4 Å². The number of aryl methyl sites for hydroxylation is 2. The van der Waals surface area contributed by atoms with Crippen molar-refractivity contribution >= 4 is 28.7 Å². The summed E-state index contributed by atoms with van der Waals surface area (Å²) < 4.78 is 29.4. The van der Waals surface area contributed by atoms with Gasteiger partial charge in [0.2, 0.25) is 5.91 Å². The van der Waals surface area contributed by atoms with Crippen LogP contribution in [0.5, 0.6) is 0 Å². The van der Waals surface area contributed by atoms with Gasteiger partial charge in [0.15, 0.2) is 0 Å². The summed E-state index contributed by atoms with van der Waals surface area (Å²) >= 11 is 0. The summed E-state index contributed by atoms with van der Waals surface area (Å²) in [6.45, 7) is 6.60. The highest BCUT2D eigenvalue weighted by atomic mass is 19.1. The number of aliphatic carboxylic acids is 1. The lowest BCUT2D eigenvalue weighted by molar-refractivity contribution is -0.144. The van der Waals surface area contributed by atoms with Crippen molar-refractivity contribution in [1.29, 1.82) is 0 Å². The van der Waals surface area contributed by atoms with Crippen LogP contribution in [0.2, 0.25) is 0 Å². The Hall–Kier alpha value is -3.80. The largest absolute Gasteiger partial charge is 0.481 e. The molecule has 3 aromatic rings. The van der Waals surface area contributed by atoms with Crippen molar-refractivity contribution in [1.82, 2.24) is 19.7 Å². The van der Waals surface area contributed by atoms with E-state index in [1.165, 1.54) is 6.07 Å². The van der Waals surface area contributed by atoms with E-state index in [0.717, 1.165) is 36.0 Å². The molecule has 6 rings (SSSR count). The van der Waals surface area contributed by atoms with Gasteiger partial charge in [-0.25, -0.2) is 4.39 Å². The number of ether oxygens (including phenoxy) is 2. The number of benzene rings is 2. The van der Waals surface area contributed by atoms with Crippen LogP contribution in [0, 0.1) is 18.7 Å². The summed E-state index contributed by atoms with van der Waals surface area (Å²) in [5, 5.41) is 13.1. The Morgan fingerprint density at radius 3 is 2.52 bits per heavy atom. The molecule has 2 atom stereocenters. The van der Waals surface area contributed by atoms with Crippen molar-refractivity contribution in [2.24, 2.45) is 13.0 Å². The highest BCUT2D eigenvalue weighted by Crippen LogP contribution is 2.33. The molecule has 258 valence electrons. The predicted molar refractivity (Wildman–Crippen MR) is 179 cm³/mol. The number of aromatic nitrogens is 1. The van der Waals surface area contributed by atoms with Crippen molar-refractivity contribution < 1.29 is 33.4 Å². The van der Waals surface area contributed by atoms with Crippen LogP contribution >= 0.6 is 0 Å². The number of carboxylic acid groups (broad SMARTS) is 1. The third-order valence-corrected chi connectivity index (χ3v) is 10.8. The van der Waals surface area contributed by atoms with E-state index in [1.807, 2.05) is 47.7 Å². The molecule has 2 saturated heterocycles. The van der Waals surface area contributed by atoms with E-state index in [1.54, 1.807) is 19.4 Å². The monoisotopic (exact) mass is 662 g/mol. The summed E-state index contributed by atoms with van der Waals surface area (Å²) in [6, 6.07) is 10.8. The molecule has 1 aromatic heterocycles. The topological polar surface area (TPSA) is 113 Å². The molecule has 0 unspecified atom stereocenters. The van der Waals surface area contributed by atoms with E-state index >= 15 is 4.39 Å². The van der Waals surface area contributed by atoms with Gasteiger partial charge in [-0.3, -0.25) is 19.3 Å². The van der Waals surface area contributed by atoms with Gasteiger partial charge >= 0.3 is 5.97 Å². The van der Waals surface area contributed by atoms with Gasteiger partial charge in [0, 0.05) is 63.5 Å². The molecule has 1 aliphatic carbocycles. The number of amides is 2. The van der Waals surface area contributed by atoms with Crippen LogP contribution in [0.4, 0.5) is 4.39 Å². The molecule has 3 fully saturated rings. The predicted octanol–water partition coefficient (Wildman–Crippen LogP) is 4.45. The van der Waals surface area contributed by atoms with Crippen molar-refractivity contribution in [2.75, 3.05) is 33.4 Å². The normalized spacial score (nSPS) is 24.1. The SMILES string of the molecule is COC1(C)CN([C@H]2C[C@@H](COC3CCC(C(=O)O)CC3)N(C(=O)Cc3cc(C)c(CNC(=O)c4cn(C)c5ccccc45)cc3F)C2)C1. The molecule has 2 N–H and O–H groups in total. The Balaban J connectivity index is 1.10. The molecule has 11 heteroatoms. The van der Waals surface area contributed by atoms with Crippen LogP contribution < -0.4 is 5.32 Å². The van der Waals surface area contributed by atoms with Gasteiger partial charge in [-0.1, -0.05) is 24.3 Å². The number of carbonyl (C=O) groups excluding carboxylic acids is 2. The minimum Gasteiger partial charge on any atom is -0.481 e. The molecule has 48 heavy (non-hydrogen) atoms. The fourth-order valence-corrected chi connectivity index (χ4v) is 7.71. The first-order valence-electron chi connectivity index (χ1n) is 17.0. The number of halogens is 1. The van der Waals surface area contributed by atoms with Crippen LogP contribution in [0.3, 0.4) is 0 Å². The van der Waals surface area contributed by atoms with Crippen LogP contribution in [-0.2, 0) is 39.1 Å². The zero-order chi connectivity index (χ0) is 34.2. The van der Waals surface area contributed by atoms with Gasteiger partial charge in [0.05, 0.1) is 42.3 Å². The molecule has 0 spiro atoms. The fraction of sp³-hybridized carbons (Fsp3) is 0.541. The lowest BCUT2D eigenvalue weighted by Crippen LogP contribution is -2.64. The van der Waals surface area contributed by atoms with Gasteiger partial charge in [0.25, 0.3) is 5.91 Å². The van der Waals surface area contributed by atoms with E-state index in [-0.39, 0.29) is 54.5 Å². The first-order chi connectivity index (χ1) is 22.9. The molecular formula is C37H47FN4O6. The maximum Gasteiger partial charge on any atom is 0.306 e.